The number of rotatable bonds is 3. The minimum absolute atomic E-state index is 0.119. The fraction of sp³-hybridized carbons (Fsp3) is 0.600. The van der Waals surface area contributed by atoms with E-state index in [2.05, 4.69) is 29.2 Å². The third kappa shape index (κ3) is 2.97. The third-order valence-corrected chi connectivity index (χ3v) is 5.29. The molecule has 0 aliphatic carbocycles. The lowest BCUT2D eigenvalue weighted by Gasteiger charge is -2.36. The molecule has 2 aliphatic heterocycles. The van der Waals surface area contributed by atoms with Crippen LogP contribution in [0.15, 0.2) is 29.2 Å². The minimum Gasteiger partial charge on any atom is -0.374 e. The number of benzene rings is 1. The smallest absolute Gasteiger partial charge is 0.0850 e. The highest BCUT2D eigenvalue weighted by Gasteiger charge is 2.28. The summed E-state index contributed by atoms with van der Waals surface area (Å²) < 4.78 is 5.73. The summed E-state index contributed by atoms with van der Waals surface area (Å²) >= 11 is 1.99. The van der Waals surface area contributed by atoms with Gasteiger partial charge in [-0.15, -0.1) is 11.8 Å². The zero-order valence-corrected chi connectivity index (χ0v) is 12.2. The Morgan fingerprint density at radius 2 is 2.32 bits per heavy atom. The van der Waals surface area contributed by atoms with Gasteiger partial charge in [0.05, 0.1) is 12.7 Å². The number of nitrogens with zero attached hydrogens (tertiary/aromatic N) is 1. The maximum Gasteiger partial charge on any atom is 0.0850 e. The summed E-state index contributed by atoms with van der Waals surface area (Å²) in [5.41, 5.74) is 7.48. The van der Waals surface area contributed by atoms with E-state index in [4.69, 9.17) is 10.5 Å². The maximum absolute atomic E-state index is 5.96. The molecule has 3 atom stereocenters. The van der Waals surface area contributed by atoms with Crippen LogP contribution in [0.25, 0.3) is 0 Å². The van der Waals surface area contributed by atoms with Crippen molar-refractivity contribution >= 4 is 11.8 Å². The molecule has 2 aliphatic rings. The highest BCUT2D eigenvalue weighted by Crippen LogP contribution is 2.39. The quantitative estimate of drug-likeness (QED) is 0.917. The largest absolute Gasteiger partial charge is 0.374 e. The maximum atomic E-state index is 5.96. The predicted octanol–water partition coefficient (Wildman–Crippen LogP) is 1.92. The van der Waals surface area contributed by atoms with Gasteiger partial charge in [-0.1, -0.05) is 18.2 Å². The molecule has 1 saturated heterocycles. The van der Waals surface area contributed by atoms with Gasteiger partial charge in [0, 0.05) is 42.2 Å². The molecular formula is C15H22N2OS. The fourth-order valence-corrected chi connectivity index (χ4v) is 4.15. The molecule has 1 fully saturated rings. The Kier molecular flexibility index (Phi) is 4.12. The number of morpholine rings is 1. The van der Waals surface area contributed by atoms with Gasteiger partial charge in [0.1, 0.15) is 0 Å². The average molecular weight is 278 g/mol. The molecule has 0 saturated carbocycles. The summed E-state index contributed by atoms with van der Waals surface area (Å²) in [7, 11) is 0. The standard InChI is InChI=1S/C15H22N2OS/c1-11(16)14-9-17(6-7-18-14)8-12-10-19-15-5-3-2-4-13(12)15/h2-5,11-12,14H,6-10,16H2,1H3. The van der Waals surface area contributed by atoms with E-state index in [-0.39, 0.29) is 12.1 Å². The van der Waals surface area contributed by atoms with Crippen molar-refractivity contribution in [3.05, 3.63) is 29.8 Å². The van der Waals surface area contributed by atoms with Gasteiger partial charge < -0.3 is 10.5 Å². The Hall–Kier alpha value is -0.550. The molecular weight excluding hydrogens is 256 g/mol. The SMILES string of the molecule is CC(N)C1CN(CC2CSc3ccccc32)CCO1. The topological polar surface area (TPSA) is 38.5 Å². The van der Waals surface area contributed by atoms with Crippen LogP contribution in [-0.2, 0) is 4.74 Å². The first-order valence-electron chi connectivity index (χ1n) is 7.05. The van der Waals surface area contributed by atoms with E-state index in [0.29, 0.717) is 5.92 Å². The molecule has 3 unspecified atom stereocenters. The van der Waals surface area contributed by atoms with Gasteiger partial charge in [-0.3, -0.25) is 4.90 Å². The Morgan fingerprint density at radius 1 is 1.47 bits per heavy atom. The first-order valence-corrected chi connectivity index (χ1v) is 8.04. The van der Waals surface area contributed by atoms with Crippen LogP contribution in [0.4, 0.5) is 0 Å². The second-order valence-electron chi connectivity index (χ2n) is 5.57. The summed E-state index contributed by atoms with van der Waals surface area (Å²) in [6.07, 6.45) is 0.193. The van der Waals surface area contributed by atoms with E-state index < -0.39 is 0 Å². The molecule has 0 radical (unpaired) electrons. The molecule has 0 bridgehead atoms. The summed E-state index contributed by atoms with van der Waals surface area (Å²) in [5, 5.41) is 0. The molecule has 104 valence electrons. The highest BCUT2D eigenvalue weighted by atomic mass is 32.2. The molecule has 3 rings (SSSR count). The van der Waals surface area contributed by atoms with Crippen LogP contribution >= 0.6 is 11.8 Å². The van der Waals surface area contributed by atoms with Crippen molar-refractivity contribution in [3.8, 4) is 0 Å². The van der Waals surface area contributed by atoms with Crippen LogP contribution in [-0.4, -0.2) is 49.0 Å². The molecule has 0 aromatic heterocycles. The number of thioether (sulfide) groups is 1. The molecule has 19 heavy (non-hydrogen) atoms. The van der Waals surface area contributed by atoms with Crippen molar-refractivity contribution in [2.24, 2.45) is 5.73 Å². The monoisotopic (exact) mass is 278 g/mol. The average Bonchev–Trinajstić information content (AvgIpc) is 2.83. The summed E-state index contributed by atoms with van der Waals surface area (Å²) in [4.78, 5) is 3.98. The van der Waals surface area contributed by atoms with E-state index in [0.717, 1.165) is 26.2 Å². The second-order valence-corrected chi connectivity index (χ2v) is 6.64. The minimum atomic E-state index is 0.119. The lowest BCUT2D eigenvalue weighted by atomic mass is 10.00. The molecule has 2 N–H and O–H groups in total. The van der Waals surface area contributed by atoms with Gasteiger partial charge in [-0.25, -0.2) is 0 Å². The van der Waals surface area contributed by atoms with E-state index in [9.17, 15) is 0 Å². The normalized spacial score (nSPS) is 29.2. The van der Waals surface area contributed by atoms with Crippen molar-refractivity contribution in [1.82, 2.24) is 4.90 Å². The van der Waals surface area contributed by atoms with Crippen LogP contribution in [0.2, 0.25) is 0 Å². The van der Waals surface area contributed by atoms with Crippen LogP contribution in [0, 0.1) is 0 Å². The van der Waals surface area contributed by atoms with Gasteiger partial charge in [-0.05, 0) is 18.6 Å². The summed E-state index contributed by atoms with van der Waals surface area (Å²) in [6.45, 7) is 5.99. The fourth-order valence-electron chi connectivity index (χ4n) is 2.91. The first-order chi connectivity index (χ1) is 9.24. The molecule has 0 amide bonds. The lowest BCUT2D eigenvalue weighted by Crippen LogP contribution is -2.50. The number of hydrogen-bond acceptors (Lipinski definition) is 4. The van der Waals surface area contributed by atoms with Crippen molar-refractivity contribution < 1.29 is 4.74 Å². The molecule has 3 nitrogen and oxygen atoms in total. The Morgan fingerprint density at radius 3 is 3.16 bits per heavy atom. The van der Waals surface area contributed by atoms with Gasteiger partial charge >= 0.3 is 0 Å². The van der Waals surface area contributed by atoms with Crippen molar-refractivity contribution in [3.63, 3.8) is 0 Å². The van der Waals surface area contributed by atoms with Crippen LogP contribution in [0.5, 0.6) is 0 Å². The molecule has 1 aromatic rings. The zero-order valence-electron chi connectivity index (χ0n) is 11.4. The highest BCUT2D eigenvalue weighted by molar-refractivity contribution is 7.99. The van der Waals surface area contributed by atoms with E-state index in [1.54, 1.807) is 0 Å². The first kappa shape index (κ1) is 13.4. The van der Waals surface area contributed by atoms with Crippen LogP contribution in [0.3, 0.4) is 0 Å². The zero-order chi connectivity index (χ0) is 13.2. The predicted molar refractivity (Wildman–Crippen MR) is 79.7 cm³/mol. The van der Waals surface area contributed by atoms with Gasteiger partial charge in [0.2, 0.25) is 0 Å². The van der Waals surface area contributed by atoms with Gasteiger partial charge in [-0.2, -0.15) is 0 Å². The van der Waals surface area contributed by atoms with Crippen molar-refractivity contribution in [1.29, 1.82) is 0 Å². The Labute approximate surface area is 119 Å². The lowest BCUT2D eigenvalue weighted by molar-refractivity contribution is -0.0386. The number of ether oxygens (including phenoxy) is 1. The van der Waals surface area contributed by atoms with Gasteiger partial charge in [0.15, 0.2) is 0 Å². The number of nitrogens with two attached hydrogens (primary N) is 1. The Bertz CT molecular complexity index is 438. The van der Waals surface area contributed by atoms with Crippen molar-refractivity contribution in [2.45, 2.75) is 29.9 Å². The van der Waals surface area contributed by atoms with E-state index >= 15 is 0 Å². The molecule has 1 aromatic carbocycles. The summed E-state index contributed by atoms with van der Waals surface area (Å²) in [5.74, 6) is 1.87. The molecule has 4 heteroatoms. The second kappa shape index (κ2) is 5.83. The third-order valence-electron chi connectivity index (χ3n) is 4.04. The van der Waals surface area contributed by atoms with Crippen LogP contribution < -0.4 is 5.73 Å². The van der Waals surface area contributed by atoms with Gasteiger partial charge in [0.25, 0.3) is 0 Å². The van der Waals surface area contributed by atoms with E-state index in [1.165, 1.54) is 16.2 Å². The molecule has 0 spiro atoms. The number of hydrogen-bond donors (Lipinski definition) is 1. The summed E-state index contributed by atoms with van der Waals surface area (Å²) in [6, 6.07) is 8.93. The Balaban J connectivity index is 1.63. The van der Waals surface area contributed by atoms with Crippen LogP contribution in [0.1, 0.15) is 18.4 Å². The molecule has 2 heterocycles. The van der Waals surface area contributed by atoms with Crippen molar-refractivity contribution in [2.75, 3.05) is 32.0 Å². The van der Waals surface area contributed by atoms with E-state index in [1.807, 2.05) is 18.7 Å². The number of fused-ring (bicyclic) bond motifs is 1.